The van der Waals surface area contributed by atoms with Crippen molar-refractivity contribution in [3.8, 4) is 0 Å². The number of amides is 3. The Labute approximate surface area is 375 Å². The predicted molar refractivity (Wildman–Crippen MR) is 234 cm³/mol. The fraction of sp³-hybridized carbons (Fsp3) is 0.886. The normalized spacial score (nSPS) is 30.3. The van der Waals surface area contributed by atoms with Gasteiger partial charge in [0.05, 0.1) is 32.6 Å². The van der Waals surface area contributed by atoms with Crippen molar-refractivity contribution in [2.75, 3.05) is 98.4 Å². The predicted octanol–water partition coefficient (Wildman–Crippen LogP) is 5.30. The van der Waals surface area contributed by atoms with Gasteiger partial charge < -0.3 is 58.8 Å². The second kappa shape index (κ2) is 23.7. The number of likely N-dealkylation sites (tertiary alicyclic amines) is 5. The molecule has 8 rings (SSSR count). The van der Waals surface area contributed by atoms with Crippen molar-refractivity contribution in [2.24, 2.45) is 22.7 Å². The van der Waals surface area contributed by atoms with Gasteiger partial charge in [0, 0.05) is 63.9 Å². The molecule has 6 heterocycles. The van der Waals surface area contributed by atoms with Gasteiger partial charge in [-0.3, -0.25) is 4.79 Å². The summed E-state index contributed by atoms with van der Waals surface area (Å²) < 4.78 is 22.9. The summed E-state index contributed by atoms with van der Waals surface area (Å²) in [4.78, 5) is 67.1. The van der Waals surface area contributed by atoms with Crippen LogP contribution < -0.4 is 10.6 Å². The van der Waals surface area contributed by atoms with E-state index in [-0.39, 0.29) is 37.8 Å². The molecule has 2 N–H and O–H groups in total. The van der Waals surface area contributed by atoms with Gasteiger partial charge in [-0.15, -0.1) is 12.4 Å². The lowest BCUT2D eigenvalue weighted by Crippen LogP contribution is -2.55. The second-order valence-electron chi connectivity index (χ2n) is 18.5. The molecule has 354 valence electrons. The van der Waals surface area contributed by atoms with Gasteiger partial charge in [0.2, 0.25) is 6.41 Å². The molecule has 18 heteroatoms. The minimum absolute atomic E-state index is 0. The Morgan fingerprint density at radius 3 is 1.45 bits per heavy atom. The summed E-state index contributed by atoms with van der Waals surface area (Å²) in [6, 6.07) is 1.94. The third kappa shape index (κ3) is 12.8. The number of hydrogen-bond acceptors (Lipinski definition) is 14. The van der Waals surface area contributed by atoms with E-state index in [2.05, 4.69) is 34.6 Å². The standard InChI is InChI=1S/C20H33N3O3.C18H32N4O2.C6H10O5.ClH/c1-2-26-19(25)22-11-7-20(14-22)12-17(13-20)21-9-5-16(6-10-21)18-4-3-8-23(18)15-24;1-2-24-17(23)22-10-5-18(13-22)11-15(12-18)21-8-3-14(4-9-21)16-19-6-7-20-16;1-3-9-5(7)11-6(8)10-4-2;/h15-18H,2-14H2,1H3;14-16,19-20H,2-13H2,1H3;3-4H2,1-2H3;1H. The van der Waals surface area contributed by atoms with Gasteiger partial charge in [-0.2, -0.15) is 0 Å². The van der Waals surface area contributed by atoms with Crippen molar-refractivity contribution in [1.29, 1.82) is 0 Å². The van der Waals surface area contributed by atoms with E-state index in [4.69, 9.17) is 9.47 Å². The Morgan fingerprint density at radius 1 is 0.597 bits per heavy atom. The van der Waals surface area contributed by atoms with Crippen LogP contribution in [0.4, 0.5) is 19.2 Å². The fourth-order valence-electron chi connectivity index (χ4n) is 11.6. The molecule has 0 aromatic heterocycles. The van der Waals surface area contributed by atoms with Gasteiger partial charge in [0.1, 0.15) is 0 Å². The lowest BCUT2D eigenvalue weighted by molar-refractivity contribution is -0.120. The molecule has 1 unspecified atom stereocenters. The van der Waals surface area contributed by atoms with Gasteiger partial charge in [0.15, 0.2) is 0 Å². The number of rotatable bonds is 9. The monoisotopic (exact) mass is 898 g/mol. The minimum Gasteiger partial charge on any atom is -0.450 e. The molecular formula is C44H76ClN7O10. The number of nitrogens with zero attached hydrogens (tertiary/aromatic N) is 5. The highest BCUT2D eigenvalue weighted by atomic mass is 35.5. The molecule has 0 bridgehead atoms. The van der Waals surface area contributed by atoms with Crippen molar-refractivity contribution in [3.63, 3.8) is 0 Å². The van der Waals surface area contributed by atoms with Crippen LogP contribution in [0.3, 0.4) is 0 Å². The van der Waals surface area contributed by atoms with Gasteiger partial charge in [-0.05, 0) is 154 Å². The molecule has 8 fully saturated rings. The SMILES string of the molecule is CCOC(=O)N1CCC2(CC(N3CCC(C4CCCN4C=O)CC3)C2)C1.CCOC(=O)N1CCC2(CC(N3CCC(C4NCCN4)CC3)C2)C1.CCOC(=O)OC(=O)OCC.Cl. The maximum atomic E-state index is 11.9. The summed E-state index contributed by atoms with van der Waals surface area (Å²) >= 11 is 0. The number of halogens is 1. The first-order valence-corrected chi connectivity index (χ1v) is 23.5. The maximum Gasteiger partial charge on any atom is 0.518 e. The quantitative estimate of drug-likeness (QED) is 0.132. The Hall–Kier alpha value is -3.12. The van der Waals surface area contributed by atoms with Crippen molar-refractivity contribution < 1.29 is 47.7 Å². The van der Waals surface area contributed by atoms with E-state index in [0.717, 1.165) is 77.0 Å². The molecule has 8 aliphatic rings. The molecular weight excluding hydrogens is 822 g/mol. The van der Waals surface area contributed by atoms with Crippen LogP contribution in [0.25, 0.3) is 0 Å². The summed E-state index contributed by atoms with van der Waals surface area (Å²) in [6.45, 7) is 19.8. The Kier molecular flexibility index (Phi) is 19.1. The molecule has 6 saturated heterocycles. The summed E-state index contributed by atoms with van der Waals surface area (Å²) in [5.74, 6) is 1.49. The molecule has 3 amide bonds. The van der Waals surface area contributed by atoms with E-state index in [1.807, 2.05) is 28.5 Å². The van der Waals surface area contributed by atoms with Gasteiger partial charge in [-0.25, -0.2) is 19.2 Å². The van der Waals surface area contributed by atoms with E-state index < -0.39 is 12.3 Å². The number of carbonyl (C=O) groups is 5. The highest BCUT2D eigenvalue weighted by molar-refractivity contribution is 5.85. The first-order chi connectivity index (χ1) is 29.5. The van der Waals surface area contributed by atoms with Crippen LogP contribution in [0.1, 0.15) is 105 Å². The van der Waals surface area contributed by atoms with E-state index in [1.165, 1.54) is 90.4 Å². The minimum atomic E-state index is -1.04. The molecule has 2 aliphatic carbocycles. The maximum absolute atomic E-state index is 11.9. The number of hydrogen-bond donors (Lipinski definition) is 2. The van der Waals surface area contributed by atoms with Crippen molar-refractivity contribution >= 4 is 43.3 Å². The first kappa shape index (κ1) is 49.9. The second-order valence-corrected chi connectivity index (χ2v) is 18.5. The Balaban J connectivity index is 0.000000188. The average Bonchev–Trinajstić information content (AvgIpc) is 4.08. The highest BCUT2D eigenvalue weighted by Gasteiger charge is 2.53. The first-order valence-electron chi connectivity index (χ1n) is 23.5. The molecule has 2 saturated carbocycles. The number of nitrogens with one attached hydrogen (secondary N) is 2. The van der Waals surface area contributed by atoms with Crippen LogP contribution in [0.15, 0.2) is 0 Å². The van der Waals surface area contributed by atoms with E-state index in [1.54, 1.807) is 13.8 Å². The number of ether oxygens (including phenoxy) is 5. The summed E-state index contributed by atoms with van der Waals surface area (Å²) in [7, 11) is 0. The van der Waals surface area contributed by atoms with Crippen LogP contribution >= 0.6 is 12.4 Å². The van der Waals surface area contributed by atoms with Gasteiger partial charge >= 0.3 is 24.5 Å². The zero-order valence-electron chi connectivity index (χ0n) is 37.9. The third-order valence-corrected chi connectivity index (χ3v) is 14.8. The lowest BCUT2D eigenvalue weighted by Gasteiger charge is -2.52. The van der Waals surface area contributed by atoms with Crippen LogP contribution in [-0.4, -0.2) is 178 Å². The average molecular weight is 899 g/mol. The largest absolute Gasteiger partial charge is 0.518 e. The van der Waals surface area contributed by atoms with Gasteiger partial charge in [-0.1, -0.05) is 0 Å². The Morgan fingerprint density at radius 2 is 1.03 bits per heavy atom. The summed E-state index contributed by atoms with van der Waals surface area (Å²) in [5, 5.41) is 7.17. The highest BCUT2D eigenvalue weighted by Crippen LogP contribution is 2.52. The molecule has 1 atom stereocenters. The van der Waals surface area contributed by atoms with Crippen LogP contribution in [0.5, 0.6) is 0 Å². The van der Waals surface area contributed by atoms with Crippen LogP contribution in [-0.2, 0) is 28.5 Å². The molecule has 17 nitrogen and oxygen atoms in total. The number of carbonyl (C=O) groups excluding carboxylic acids is 5. The lowest BCUT2D eigenvalue weighted by atomic mass is 9.64. The fourth-order valence-corrected chi connectivity index (χ4v) is 11.6. The summed E-state index contributed by atoms with van der Waals surface area (Å²) in [6.07, 6.45) is 14.0. The van der Waals surface area contributed by atoms with E-state index in [0.29, 0.717) is 48.2 Å². The summed E-state index contributed by atoms with van der Waals surface area (Å²) in [5.41, 5.74) is 0.747. The number of piperidine rings is 2. The van der Waals surface area contributed by atoms with E-state index in [9.17, 15) is 24.0 Å². The Bertz CT molecular complexity index is 1430. The zero-order chi connectivity index (χ0) is 43.4. The van der Waals surface area contributed by atoms with Crippen molar-refractivity contribution in [1.82, 2.24) is 35.1 Å². The molecule has 62 heavy (non-hydrogen) atoms. The smallest absolute Gasteiger partial charge is 0.450 e. The molecule has 0 aromatic carbocycles. The third-order valence-electron chi connectivity index (χ3n) is 14.8. The topological polar surface area (TPSA) is 172 Å². The van der Waals surface area contributed by atoms with Gasteiger partial charge in [0.25, 0.3) is 0 Å². The molecule has 6 aliphatic heterocycles. The molecule has 0 radical (unpaired) electrons. The van der Waals surface area contributed by atoms with Crippen molar-refractivity contribution in [2.45, 2.75) is 129 Å². The zero-order valence-corrected chi connectivity index (χ0v) is 38.7. The van der Waals surface area contributed by atoms with Crippen LogP contribution in [0, 0.1) is 22.7 Å². The molecule has 2 spiro atoms. The molecule has 0 aromatic rings. The van der Waals surface area contributed by atoms with E-state index >= 15 is 0 Å². The van der Waals surface area contributed by atoms with Crippen molar-refractivity contribution in [3.05, 3.63) is 0 Å². The van der Waals surface area contributed by atoms with Crippen LogP contribution in [0.2, 0.25) is 0 Å².